The minimum absolute atomic E-state index is 0.0125. The van der Waals surface area contributed by atoms with E-state index in [1.54, 1.807) is 30.6 Å². The van der Waals surface area contributed by atoms with Crippen molar-refractivity contribution in [3.05, 3.63) is 72.1 Å². The lowest BCUT2D eigenvalue weighted by atomic mass is 9.91. The van der Waals surface area contributed by atoms with Gasteiger partial charge in [-0.05, 0) is 66.5 Å². The number of fused-ring (bicyclic) bond motifs is 1. The van der Waals surface area contributed by atoms with Crippen molar-refractivity contribution in [3.63, 3.8) is 0 Å². The summed E-state index contributed by atoms with van der Waals surface area (Å²) in [4.78, 5) is 29.5. The van der Waals surface area contributed by atoms with Gasteiger partial charge in [0, 0.05) is 41.4 Å². The highest BCUT2D eigenvalue weighted by Crippen LogP contribution is 2.48. The number of nitrogens with zero attached hydrogens (tertiary/aromatic N) is 1. The van der Waals surface area contributed by atoms with Crippen LogP contribution in [0.3, 0.4) is 0 Å². The number of anilines is 1. The predicted molar refractivity (Wildman–Crippen MR) is 122 cm³/mol. The normalized spacial score (nSPS) is 23.6. The van der Waals surface area contributed by atoms with Crippen molar-refractivity contribution < 1.29 is 18.4 Å². The summed E-state index contributed by atoms with van der Waals surface area (Å²) < 4.78 is 28.2. The molecule has 0 saturated heterocycles. The van der Waals surface area contributed by atoms with Gasteiger partial charge in [-0.1, -0.05) is 24.6 Å². The maximum Gasteiger partial charge on any atom is 0.267 e. The SMILES string of the molecule is O=C(NC1CCCCC1(F)F)c1cccc([C@@H]2C[C@H]2C(=O)Nc2ccc3cnccc3c2)c1. The average molecular weight is 450 g/mol. The zero-order chi connectivity index (χ0) is 23.0. The van der Waals surface area contributed by atoms with Gasteiger partial charge in [-0.15, -0.1) is 0 Å². The summed E-state index contributed by atoms with van der Waals surface area (Å²) in [5.74, 6) is -3.59. The van der Waals surface area contributed by atoms with E-state index in [2.05, 4.69) is 15.6 Å². The Morgan fingerprint density at radius 1 is 1.03 bits per heavy atom. The van der Waals surface area contributed by atoms with Crippen molar-refractivity contribution in [1.29, 1.82) is 0 Å². The van der Waals surface area contributed by atoms with Crippen LogP contribution in [0.4, 0.5) is 14.5 Å². The molecule has 7 heteroatoms. The molecule has 0 radical (unpaired) electrons. The lowest BCUT2D eigenvalue weighted by Gasteiger charge is -2.31. The van der Waals surface area contributed by atoms with E-state index >= 15 is 0 Å². The third kappa shape index (κ3) is 4.58. The Labute approximate surface area is 190 Å². The number of aromatic nitrogens is 1. The molecule has 0 bridgehead atoms. The second-order valence-electron chi connectivity index (χ2n) is 9.03. The summed E-state index contributed by atoms with van der Waals surface area (Å²) >= 11 is 0. The highest BCUT2D eigenvalue weighted by Gasteiger charge is 2.45. The molecule has 1 aromatic heterocycles. The Morgan fingerprint density at radius 2 is 1.91 bits per heavy atom. The Kier molecular flexibility index (Phi) is 5.56. The van der Waals surface area contributed by atoms with E-state index in [-0.39, 0.29) is 30.6 Å². The first-order valence-corrected chi connectivity index (χ1v) is 11.3. The number of carbonyl (C=O) groups is 2. The van der Waals surface area contributed by atoms with Gasteiger partial charge in [-0.3, -0.25) is 14.6 Å². The van der Waals surface area contributed by atoms with Gasteiger partial charge < -0.3 is 10.6 Å². The van der Waals surface area contributed by atoms with Gasteiger partial charge in [0.05, 0.1) is 6.04 Å². The molecule has 2 amide bonds. The number of hydrogen-bond donors (Lipinski definition) is 2. The van der Waals surface area contributed by atoms with Gasteiger partial charge in [0.1, 0.15) is 0 Å². The third-order valence-corrected chi connectivity index (χ3v) is 6.68. The van der Waals surface area contributed by atoms with Gasteiger partial charge in [-0.2, -0.15) is 0 Å². The number of rotatable bonds is 5. The number of benzene rings is 2. The zero-order valence-corrected chi connectivity index (χ0v) is 18.1. The topological polar surface area (TPSA) is 71.1 Å². The average Bonchev–Trinajstić information content (AvgIpc) is 3.62. The monoisotopic (exact) mass is 449 g/mol. The molecular formula is C26H25F2N3O2. The highest BCUT2D eigenvalue weighted by molar-refractivity contribution is 5.98. The van der Waals surface area contributed by atoms with Crippen molar-refractivity contribution in [2.75, 3.05) is 5.32 Å². The Balaban J connectivity index is 1.23. The Hall–Kier alpha value is -3.35. The van der Waals surface area contributed by atoms with Crippen LogP contribution in [0.1, 0.15) is 53.9 Å². The number of halogens is 2. The molecule has 33 heavy (non-hydrogen) atoms. The van der Waals surface area contributed by atoms with Gasteiger partial charge >= 0.3 is 0 Å². The molecule has 5 rings (SSSR count). The minimum Gasteiger partial charge on any atom is -0.343 e. The van der Waals surface area contributed by atoms with E-state index in [0.717, 1.165) is 22.0 Å². The van der Waals surface area contributed by atoms with Crippen molar-refractivity contribution in [2.24, 2.45) is 5.92 Å². The quantitative estimate of drug-likeness (QED) is 0.556. The fourth-order valence-corrected chi connectivity index (χ4v) is 4.67. The number of alkyl halides is 2. The van der Waals surface area contributed by atoms with Gasteiger partial charge in [0.2, 0.25) is 5.91 Å². The van der Waals surface area contributed by atoms with Crippen LogP contribution in [0, 0.1) is 5.92 Å². The predicted octanol–water partition coefficient (Wildman–Crippen LogP) is 5.28. The van der Waals surface area contributed by atoms with E-state index in [9.17, 15) is 18.4 Å². The smallest absolute Gasteiger partial charge is 0.267 e. The lowest BCUT2D eigenvalue weighted by Crippen LogP contribution is -2.49. The van der Waals surface area contributed by atoms with Crippen molar-refractivity contribution >= 4 is 28.3 Å². The lowest BCUT2D eigenvalue weighted by molar-refractivity contribution is -0.117. The van der Waals surface area contributed by atoms with Gasteiger partial charge in [0.25, 0.3) is 11.8 Å². The van der Waals surface area contributed by atoms with E-state index in [1.807, 2.05) is 30.3 Å². The number of nitrogens with one attached hydrogen (secondary N) is 2. The van der Waals surface area contributed by atoms with E-state index in [0.29, 0.717) is 24.8 Å². The summed E-state index contributed by atoms with van der Waals surface area (Å²) in [6, 6.07) is 13.4. The highest BCUT2D eigenvalue weighted by atomic mass is 19.3. The number of pyridine rings is 1. The second kappa shape index (κ2) is 8.54. The van der Waals surface area contributed by atoms with Crippen LogP contribution in [0.25, 0.3) is 10.8 Å². The second-order valence-corrected chi connectivity index (χ2v) is 9.03. The molecule has 170 valence electrons. The van der Waals surface area contributed by atoms with Crippen LogP contribution in [-0.4, -0.2) is 28.8 Å². The van der Waals surface area contributed by atoms with Gasteiger partial charge in [-0.25, -0.2) is 8.78 Å². The molecule has 2 aromatic carbocycles. The third-order valence-electron chi connectivity index (χ3n) is 6.68. The molecule has 2 N–H and O–H groups in total. The van der Waals surface area contributed by atoms with E-state index < -0.39 is 17.9 Å². The van der Waals surface area contributed by atoms with Crippen LogP contribution in [0.15, 0.2) is 60.9 Å². The van der Waals surface area contributed by atoms with Crippen LogP contribution in [0.5, 0.6) is 0 Å². The first kappa shape index (κ1) is 21.5. The van der Waals surface area contributed by atoms with Crippen LogP contribution < -0.4 is 10.6 Å². The fraction of sp³-hybridized carbons (Fsp3) is 0.346. The Morgan fingerprint density at radius 3 is 2.76 bits per heavy atom. The van der Waals surface area contributed by atoms with E-state index in [4.69, 9.17) is 0 Å². The number of hydrogen-bond acceptors (Lipinski definition) is 3. The molecule has 2 fully saturated rings. The van der Waals surface area contributed by atoms with Crippen LogP contribution in [0.2, 0.25) is 0 Å². The maximum atomic E-state index is 14.1. The molecule has 3 atom stereocenters. The zero-order valence-electron chi connectivity index (χ0n) is 18.1. The molecule has 0 spiro atoms. The molecular weight excluding hydrogens is 424 g/mol. The molecule has 1 unspecified atom stereocenters. The standard InChI is InChI=1S/C26H25F2N3O2/c27-26(28)10-2-1-6-23(26)31-24(32)18-5-3-4-17(12-18)21-14-22(21)25(33)30-20-8-7-19-15-29-11-9-16(19)13-20/h3-5,7-9,11-13,15,21-23H,1-2,6,10,14H2,(H,30,33)(H,31,32)/t21-,22+,23?/m0/s1. The summed E-state index contributed by atoms with van der Waals surface area (Å²) in [6.45, 7) is 0. The molecule has 5 nitrogen and oxygen atoms in total. The van der Waals surface area contributed by atoms with Crippen molar-refractivity contribution in [1.82, 2.24) is 10.3 Å². The summed E-state index contributed by atoms with van der Waals surface area (Å²) in [5.41, 5.74) is 1.96. The first-order valence-electron chi connectivity index (χ1n) is 11.3. The largest absolute Gasteiger partial charge is 0.343 e. The molecule has 0 aliphatic heterocycles. The summed E-state index contributed by atoms with van der Waals surface area (Å²) in [7, 11) is 0. The van der Waals surface area contributed by atoms with Crippen LogP contribution >= 0.6 is 0 Å². The molecule has 2 aliphatic rings. The minimum atomic E-state index is -2.87. The fourth-order valence-electron chi connectivity index (χ4n) is 4.67. The van der Waals surface area contributed by atoms with Gasteiger partial charge in [0.15, 0.2) is 0 Å². The first-order chi connectivity index (χ1) is 15.9. The molecule has 3 aromatic rings. The number of carbonyl (C=O) groups excluding carboxylic acids is 2. The van der Waals surface area contributed by atoms with E-state index in [1.165, 1.54) is 0 Å². The molecule has 2 aliphatic carbocycles. The maximum absolute atomic E-state index is 14.1. The Bertz CT molecular complexity index is 1210. The summed E-state index contributed by atoms with van der Waals surface area (Å²) in [6.07, 6.45) is 5.44. The summed E-state index contributed by atoms with van der Waals surface area (Å²) in [5, 5.41) is 7.49. The molecule has 1 heterocycles. The van der Waals surface area contributed by atoms with Crippen molar-refractivity contribution in [2.45, 2.75) is 50.0 Å². The van der Waals surface area contributed by atoms with Crippen LogP contribution in [-0.2, 0) is 4.79 Å². The number of amides is 2. The molecule has 2 saturated carbocycles. The van der Waals surface area contributed by atoms with Crippen molar-refractivity contribution in [3.8, 4) is 0 Å².